The van der Waals surface area contributed by atoms with E-state index in [9.17, 15) is 14.8 Å². The Morgan fingerprint density at radius 2 is 1.82 bits per heavy atom. The highest BCUT2D eigenvalue weighted by Gasteiger charge is 2.44. The zero-order chi connectivity index (χ0) is 34.2. The lowest BCUT2D eigenvalue weighted by Gasteiger charge is -2.29. The molecule has 0 bridgehead atoms. The van der Waals surface area contributed by atoms with Gasteiger partial charge in [0.1, 0.15) is 5.70 Å². The predicted molar refractivity (Wildman–Crippen MR) is 190 cm³/mol. The van der Waals surface area contributed by atoms with Gasteiger partial charge in [-0.2, -0.15) is 0 Å². The van der Waals surface area contributed by atoms with Crippen LogP contribution >= 0.6 is 0 Å². The van der Waals surface area contributed by atoms with E-state index in [1.165, 1.54) is 10.6 Å². The summed E-state index contributed by atoms with van der Waals surface area (Å²) >= 11 is 0. The second kappa shape index (κ2) is 13.2. The number of hydroxylamine groups is 2. The summed E-state index contributed by atoms with van der Waals surface area (Å²) < 4.78 is 0. The summed E-state index contributed by atoms with van der Waals surface area (Å²) in [7, 11) is 0. The molecule has 5 aliphatic rings. The number of carbonyl (C=O) groups is 2. The molecule has 1 aromatic heterocycles. The summed E-state index contributed by atoms with van der Waals surface area (Å²) in [6.45, 7) is 4.19. The van der Waals surface area contributed by atoms with Crippen molar-refractivity contribution in [2.75, 3.05) is 31.5 Å². The molecule has 0 radical (unpaired) electrons. The summed E-state index contributed by atoms with van der Waals surface area (Å²) in [4.78, 5) is 39.8. The average Bonchev–Trinajstić information content (AvgIpc) is 3.78. The monoisotopic (exact) mass is 668 g/mol. The molecule has 4 aliphatic heterocycles. The molecule has 1 saturated carbocycles. The summed E-state index contributed by atoms with van der Waals surface area (Å²) in [5, 5.41) is 23.4. The number of azo groups is 1. The molecule has 8 rings (SSSR count). The van der Waals surface area contributed by atoms with Gasteiger partial charge in [0.05, 0.1) is 17.6 Å². The number of nitrogens with one attached hydrogen (secondary N) is 1. The Morgan fingerprint density at radius 3 is 2.56 bits per heavy atom. The second-order valence-electron chi connectivity index (χ2n) is 13.8. The second-order valence-corrected chi connectivity index (χ2v) is 13.8. The molecular formula is C39H40N8O3. The van der Waals surface area contributed by atoms with Crippen molar-refractivity contribution in [1.82, 2.24) is 24.8 Å². The molecule has 2 N–H and O–H groups in total. The third-order valence-electron chi connectivity index (χ3n) is 10.6. The maximum absolute atomic E-state index is 13.9. The van der Waals surface area contributed by atoms with Gasteiger partial charge in [0.25, 0.3) is 0 Å². The summed E-state index contributed by atoms with van der Waals surface area (Å²) in [6, 6.07) is 15.8. The minimum atomic E-state index is -0.590. The number of anilines is 1. The van der Waals surface area contributed by atoms with Gasteiger partial charge in [-0.3, -0.25) is 19.7 Å². The van der Waals surface area contributed by atoms with Crippen LogP contribution in [0.3, 0.4) is 0 Å². The molecule has 50 heavy (non-hydrogen) atoms. The Balaban J connectivity index is 0.885. The van der Waals surface area contributed by atoms with E-state index in [2.05, 4.69) is 48.6 Å². The van der Waals surface area contributed by atoms with Crippen LogP contribution in [-0.4, -0.2) is 68.0 Å². The minimum absolute atomic E-state index is 0.0362. The van der Waals surface area contributed by atoms with E-state index in [0.29, 0.717) is 49.9 Å². The molecule has 1 saturated heterocycles. The van der Waals surface area contributed by atoms with Crippen LogP contribution in [0.1, 0.15) is 56.1 Å². The number of carbonyl (C=O) groups excluding carboxylic acids is 2. The number of amides is 2. The fourth-order valence-electron chi connectivity index (χ4n) is 7.35. The number of likely N-dealkylation sites (tertiary alicyclic amines) is 1. The van der Waals surface area contributed by atoms with Gasteiger partial charge < -0.3 is 10.2 Å². The van der Waals surface area contributed by atoms with Gasteiger partial charge in [-0.05, 0) is 80.6 Å². The molecule has 1 aliphatic carbocycles. The highest BCUT2D eigenvalue weighted by Crippen LogP contribution is 2.44. The van der Waals surface area contributed by atoms with E-state index in [1.807, 2.05) is 60.5 Å². The number of nitrogens with zero attached hydrogens (tertiary/aromatic N) is 7. The Kier molecular flexibility index (Phi) is 8.45. The molecule has 254 valence electrons. The van der Waals surface area contributed by atoms with Crippen molar-refractivity contribution in [2.45, 2.75) is 44.9 Å². The number of aromatic nitrogens is 2. The van der Waals surface area contributed by atoms with Crippen molar-refractivity contribution in [3.05, 3.63) is 114 Å². The minimum Gasteiger partial charge on any atom is -0.326 e. The van der Waals surface area contributed by atoms with Gasteiger partial charge in [-0.1, -0.05) is 37.3 Å². The van der Waals surface area contributed by atoms with Crippen molar-refractivity contribution in [3.8, 4) is 11.4 Å². The number of allylic oxidation sites excluding steroid dienone is 5. The number of rotatable bonds is 8. The zero-order valence-corrected chi connectivity index (χ0v) is 28.1. The lowest BCUT2D eigenvalue weighted by Crippen LogP contribution is -2.42. The lowest BCUT2D eigenvalue weighted by molar-refractivity contribution is -0.131. The van der Waals surface area contributed by atoms with Crippen LogP contribution < -0.4 is 5.32 Å². The van der Waals surface area contributed by atoms with Crippen LogP contribution in [0.4, 0.5) is 11.4 Å². The number of hydrogen-bond acceptors (Lipinski definition) is 9. The molecule has 2 aromatic carbocycles. The van der Waals surface area contributed by atoms with Gasteiger partial charge in [0.2, 0.25) is 11.8 Å². The predicted octanol–water partition coefficient (Wildman–Crippen LogP) is 7.03. The molecule has 5 heterocycles. The molecule has 2 fully saturated rings. The Hall–Kier alpha value is -5.26. The fraction of sp³-hybridized carbons (Fsp3) is 0.333. The molecule has 0 spiro atoms. The van der Waals surface area contributed by atoms with Crippen molar-refractivity contribution in [3.63, 3.8) is 0 Å². The highest BCUT2D eigenvalue weighted by molar-refractivity contribution is 5.97. The number of benzene rings is 2. The Morgan fingerprint density at radius 1 is 1.00 bits per heavy atom. The van der Waals surface area contributed by atoms with Crippen molar-refractivity contribution < 1.29 is 14.8 Å². The van der Waals surface area contributed by atoms with Crippen LogP contribution in [0.2, 0.25) is 0 Å². The SMILES string of the molecule is CC[C@@]1(C(=O)Nc2ccc3c(c2)C(=C2C=CN(O)C(C4CC4)=C2)N=N3)CCN(CC(=O)N2C=CC(c3ccc(-c4ncccn4)cc3)CC2)C1. The van der Waals surface area contributed by atoms with Crippen LogP contribution in [-0.2, 0) is 9.59 Å². The van der Waals surface area contributed by atoms with E-state index in [1.54, 1.807) is 24.7 Å². The molecular weight excluding hydrogens is 628 g/mol. The first-order valence-electron chi connectivity index (χ1n) is 17.5. The highest BCUT2D eigenvalue weighted by atomic mass is 16.5. The van der Waals surface area contributed by atoms with Crippen molar-refractivity contribution in [1.29, 1.82) is 0 Å². The maximum Gasteiger partial charge on any atom is 0.240 e. The number of hydrogen-bond donors (Lipinski definition) is 2. The van der Waals surface area contributed by atoms with E-state index in [0.717, 1.165) is 53.0 Å². The summed E-state index contributed by atoms with van der Waals surface area (Å²) in [5.41, 5.74) is 6.36. The molecule has 11 nitrogen and oxygen atoms in total. The first kappa shape index (κ1) is 32.0. The van der Waals surface area contributed by atoms with Crippen molar-refractivity contribution >= 4 is 28.9 Å². The van der Waals surface area contributed by atoms with Gasteiger partial charge >= 0.3 is 0 Å². The van der Waals surface area contributed by atoms with Crippen LogP contribution in [0.25, 0.3) is 17.1 Å². The van der Waals surface area contributed by atoms with Crippen LogP contribution in [0.15, 0.2) is 113 Å². The first-order valence-corrected chi connectivity index (χ1v) is 17.5. The lowest BCUT2D eigenvalue weighted by atomic mass is 9.83. The fourth-order valence-corrected chi connectivity index (χ4v) is 7.35. The zero-order valence-electron chi connectivity index (χ0n) is 28.1. The topological polar surface area (TPSA) is 127 Å². The third-order valence-corrected chi connectivity index (χ3v) is 10.6. The van der Waals surface area contributed by atoms with Gasteiger partial charge in [0, 0.05) is 77.8 Å². The summed E-state index contributed by atoms with van der Waals surface area (Å²) in [5.74, 6) is 1.33. The van der Waals surface area contributed by atoms with E-state index < -0.39 is 5.41 Å². The van der Waals surface area contributed by atoms with Gasteiger partial charge in [0.15, 0.2) is 5.82 Å². The van der Waals surface area contributed by atoms with Gasteiger partial charge in [-0.25, -0.2) is 15.0 Å². The molecule has 11 heteroatoms. The van der Waals surface area contributed by atoms with Crippen molar-refractivity contribution in [2.24, 2.45) is 21.6 Å². The quantitative estimate of drug-likeness (QED) is 0.264. The van der Waals surface area contributed by atoms with Gasteiger partial charge in [-0.15, -0.1) is 10.2 Å². The summed E-state index contributed by atoms with van der Waals surface area (Å²) in [6.07, 6.45) is 17.3. The molecule has 2 atom stereocenters. The third kappa shape index (κ3) is 6.30. The first-order chi connectivity index (χ1) is 24.4. The van der Waals surface area contributed by atoms with E-state index >= 15 is 0 Å². The number of fused-ring (bicyclic) bond motifs is 1. The smallest absolute Gasteiger partial charge is 0.240 e. The molecule has 2 amide bonds. The average molecular weight is 669 g/mol. The maximum atomic E-state index is 13.9. The normalized spacial score (nSPS) is 24.4. The van der Waals surface area contributed by atoms with Crippen LogP contribution in [0.5, 0.6) is 0 Å². The molecule has 1 unspecified atom stereocenters. The Bertz CT molecular complexity index is 1960. The molecule has 3 aromatic rings. The Labute approximate surface area is 291 Å². The van der Waals surface area contributed by atoms with E-state index in [-0.39, 0.29) is 24.3 Å². The largest absolute Gasteiger partial charge is 0.326 e. The van der Waals surface area contributed by atoms with E-state index in [4.69, 9.17) is 0 Å². The standard InChI is InChI=1S/C39H40N8O3/c1-2-39(38(49)42-31-10-11-33-32(23-31)36(44-43-33)30-14-20-47(50)34(22-30)28-6-7-28)15-21-45(25-39)24-35(48)46-18-12-27(13-19-46)26-4-8-29(9-5-26)37-40-16-3-17-41-37/h3-5,8-12,14,16-18,20,22-23,27-28,50H,2,6-7,13,15,19,21,24-25H2,1H3,(H,42,49)/t27?,39-/m1/s1. The van der Waals surface area contributed by atoms with Crippen LogP contribution in [0, 0.1) is 11.3 Å².